The monoisotopic (exact) mass is 293 g/mol. The van der Waals surface area contributed by atoms with E-state index >= 15 is 0 Å². The van der Waals surface area contributed by atoms with E-state index in [-0.39, 0.29) is 6.04 Å². The molecule has 1 aromatic carbocycles. The summed E-state index contributed by atoms with van der Waals surface area (Å²) in [5, 5.41) is 4.48. The van der Waals surface area contributed by atoms with Gasteiger partial charge in [0.15, 0.2) is 0 Å². The third-order valence-corrected chi connectivity index (χ3v) is 4.86. The molecule has 1 aromatic heterocycles. The van der Waals surface area contributed by atoms with Crippen LogP contribution in [-0.4, -0.2) is 5.75 Å². The predicted octanol–water partition coefficient (Wildman–Crippen LogP) is 4.82. The van der Waals surface area contributed by atoms with Gasteiger partial charge in [0.2, 0.25) is 0 Å². The van der Waals surface area contributed by atoms with Crippen molar-refractivity contribution < 1.29 is 4.42 Å². The van der Waals surface area contributed by atoms with E-state index in [2.05, 4.69) is 24.4 Å². The second kappa shape index (κ2) is 5.61. The molecule has 0 radical (unpaired) electrons. The number of hydrogen-bond donors (Lipinski definition) is 1. The molecule has 0 saturated heterocycles. The largest absolute Gasteiger partial charge is 0.472 e. The topological polar surface area (TPSA) is 25.2 Å². The first-order valence-electron chi connectivity index (χ1n) is 6.44. The van der Waals surface area contributed by atoms with Crippen molar-refractivity contribution in [3.05, 3.63) is 52.9 Å². The number of rotatable bonds is 3. The lowest BCUT2D eigenvalue weighted by Gasteiger charge is -2.28. The van der Waals surface area contributed by atoms with Crippen molar-refractivity contribution in [3.63, 3.8) is 0 Å². The van der Waals surface area contributed by atoms with Gasteiger partial charge in [0.25, 0.3) is 0 Å². The summed E-state index contributed by atoms with van der Waals surface area (Å²) in [5.41, 5.74) is 2.50. The predicted molar refractivity (Wildman–Crippen MR) is 79.8 cm³/mol. The fraction of sp³-hybridized carbons (Fsp3) is 0.333. The van der Waals surface area contributed by atoms with Gasteiger partial charge < -0.3 is 9.73 Å². The zero-order valence-electron chi connectivity index (χ0n) is 10.7. The summed E-state index contributed by atoms with van der Waals surface area (Å²) in [7, 11) is 0. The minimum atomic E-state index is 0.277. The van der Waals surface area contributed by atoms with E-state index in [9.17, 15) is 0 Å². The van der Waals surface area contributed by atoms with Crippen LogP contribution >= 0.6 is 23.4 Å². The van der Waals surface area contributed by atoms with Gasteiger partial charge in [0, 0.05) is 27.6 Å². The minimum absolute atomic E-state index is 0.277. The normalized spacial score (nSPS) is 20.0. The van der Waals surface area contributed by atoms with Crippen molar-refractivity contribution in [2.24, 2.45) is 0 Å². The van der Waals surface area contributed by atoms with E-state index in [1.807, 2.05) is 23.9 Å². The maximum atomic E-state index is 6.13. The smallest absolute Gasteiger partial charge is 0.0950 e. The van der Waals surface area contributed by atoms with Gasteiger partial charge in [0.1, 0.15) is 0 Å². The fourth-order valence-electron chi connectivity index (χ4n) is 2.46. The quantitative estimate of drug-likeness (QED) is 0.878. The summed E-state index contributed by atoms with van der Waals surface area (Å²) in [6.07, 6.45) is 4.64. The summed E-state index contributed by atoms with van der Waals surface area (Å²) in [4.78, 5) is 1.34. The second-order valence-corrected chi connectivity index (χ2v) is 6.39. The van der Waals surface area contributed by atoms with Gasteiger partial charge in [-0.15, -0.1) is 11.8 Å². The molecule has 2 unspecified atom stereocenters. The van der Waals surface area contributed by atoms with Gasteiger partial charge in [-0.25, -0.2) is 0 Å². The number of thioether (sulfide) groups is 1. The van der Waals surface area contributed by atoms with Crippen LogP contribution < -0.4 is 5.32 Å². The summed E-state index contributed by atoms with van der Waals surface area (Å²) in [5.74, 6) is 1.14. The van der Waals surface area contributed by atoms with E-state index in [0.717, 1.165) is 17.2 Å². The van der Waals surface area contributed by atoms with Crippen LogP contribution in [0.3, 0.4) is 0 Å². The van der Waals surface area contributed by atoms with E-state index in [0.29, 0.717) is 6.04 Å². The van der Waals surface area contributed by atoms with E-state index in [1.54, 1.807) is 12.5 Å². The number of furan rings is 1. The van der Waals surface area contributed by atoms with Gasteiger partial charge in [-0.2, -0.15) is 0 Å². The van der Waals surface area contributed by atoms with Gasteiger partial charge in [-0.05, 0) is 48.9 Å². The highest BCUT2D eigenvalue weighted by Gasteiger charge is 2.22. The molecule has 2 nitrogen and oxygen atoms in total. The molecular formula is C15H16ClNOS. The molecule has 1 aliphatic rings. The highest BCUT2D eigenvalue weighted by Crippen LogP contribution is 2.38. The van der Waals surface area contributed by atoms with Gasteiger partial charge in [-0.1, -0.05) is 11.6 Å². The van der Waals surface area contributed by atoms with Gasteiger partial charge in [-0.3, -0.25) is 0 Å². The Morgan fingerprint density at radius 2 is 2.32 bits per heavy atom. The van der Waals surface area contributed by atoms with Crippen LogP contribution in [0.5, 0.6) is 0 Å². The standard InChI is InChI=1S/C15H16ClNOS/c1-10(11-4-6-18-9-11)17-14-5-7-19-15-3-2-12(16)8-13(14)15/h2-4,6,8-10,14,17H,5,7H2,1H3. The highest BCUT2D eigenvalue weighted by molar-refractivity contribution is 7.99. The Morgan fingerprint density at radius 1 is 1.42 bits per heavy atom. The van der Waals surface area contributed by atoms with Crippen molar-refractivity contribution in [1.29, 1.82) is 0 Å². The number of halogens is 1. The van der Waals surface area contributed by atoms with Crippen LogP contribution in [0.1, 0.15) is 36.6 Å². The Labute approximate surface area is 122 Å². The van der Waals surface area contributed by atoms with E-state index in [1.165, 1.54) is 16.0 Å². The molecule has 4 heteroatoms. The van der Waals surface area contributed by atoms with Crippen LogP contribution in [0.15, 0.2) is 46.1 Å². The van der Waals surface area contributed by atoms with E-state index < -0.39 is 0 Å². The lowest BCUT2D eigenvalue weighted by Crippen LogP contribution is -2.27. The first-order valence-corrected chi connectivity index (χ1v) is 7.81. The van der Waals surface area contributed by atoms with Crippen LogP contribution in [0.4, 0.5) is 0 Å². The molecule has 0 aliphatic carbocycles. The van der Waals surface area contributed by atoms with Crippen molar-refractivity contribution in [3.8, 4) is 0 Å². The second-order valence-electron chi connectivity index (χ2n) is 4.82. The Balaban J connectivity index is 1.81. The molecule has 0 saturated carbocycles. The van der Waals surface area contributed by atoms with Crippen LogP contribution in [-0.2, 0) is 0 Å². The molecule has 2 aromatic rings. The number of nitrogens with one attached hydrogen (secondary N) is 1. The third-order valence-electron chi connectivity index (χ3n) is 3.51. The molecule has 1 aliphatic heterocycles. The molecule has 2 heterocycles. The zero-order valence-corrected chi connectivity index (χ0v) is 12.3. The first-order chi connectivity index (χ1) is 9.24. The van der Waals surface area contributed by atoms with E-state index in [4.69, 9.17) is 16.0 Å². The molecule has 0 bridgehead atoms. The Morgan fingerprint density at radius 3 is 3.11 bits per heavy atom. The summed E-state index contributed by atoms with van der Waals surface area (Å²) in [6.45, 7) is 2.16. The van der Waals surface area contributed by atoms with Gasteiger partial charge >= 0.3 is 0 Å². The molecular weight excluding hydrogens is 278 g/mol. The first kappa shape index (κ1) is 13.1. The molecule has 2 atom stereocenters. The third kappa shape index (κ3) is 2.83. The van der Waals surface area contributed by atoms with Gasteiger partial charge in [0.05, 0.1) is 12.5 Å². The number of benzene rings is 1. The molecule has 1 N–H and O–H groups in total. The summed E-state index contributed by atoms with van der Waals surface area (Å²) >= 11 is 8.03. The molecule has 0 spiro atoms. The van der Waals surface area contributed by atoms with Crippen molar-refractivity contribution in [2.45, 2.75) is 30.3 Å². The molecule has 19 heavy (non-hydrogen) atoms. The van der Waals surface area contributed by atoms with Crippen molar-refractivity contribution >= 4 is 23.4 Å². The summed E-state index contributed by atoms with van der Waals surface area (Å²) < 4.78 is 5.15. The van der Waals surface area contributed by atoms with Crippen molar-refractivity contribution in [2.75, 3.05) is 5.75 Å². The lowest BCUT2D eigenvalue weighted by molar-refractivity contribution is 0.446. The SMILES string of the molecule is CC(NC1CCSc2ccc(Cl)cc21)c1ccoc1. The average molecular weight is 294 g/mol. The van der Waals surface area contributed by atoms with Crippen LogP contribution in [0, 0.1) is 0 Å². The van der Waals surface area contributed by atoms with Crippen molar-refractivity contribution in [1.82, 2.24) is 5.32 Å². The molecule has 100 valence electrons. The van der Waals surface area contributed by atoms with Crippen LogP contribution in [0.2, 0.25) is 5.02 Å². The minimum Gasteiger partial charge on any atom is -0.472 e. The number of hydrogen-bond acceptors (Lipinski definition) is 3. The zero-order chi connectivity index (χ0) is 13.2. The highest BCUT2D eigenvalue weighted by atomic mass is 35.5. The fourth-order valence-corrected chi connectivity index (χ4v) is 3.74. The maximum absolute atomic E-state index is 6.13. The lowest BCUT2D eigenvalue weighted by atomic mass is 10.0. The maximum Gasteiger partial charge on any atom is 0.0950 e. The van der Waals surface area contributed by atoms with Crippen LogP contribution in [0.25, 0.3) is 0 Å². The molecule has 3 rings (SSSR count). The average Bonchev–Trinajstić information content (AvgIpc) is 2.93. The Kier molecular flexibility index (Phi) is 3.87. The molecule has 0 amide bonds. The Hall–Kier alpha value is -0.900. The summed E-state index contributed by atoms with van der Waals surface area (Å²) in [6, 6.07) is 8.82. The molecule has 0 fully saturated rings. The Bertz CT molecular complexity index is 555. The number of fused-ring (bicyclic) bond motifs is 1.